The van der Waals surface area contributed by atoms with Gasteiger partial charge in [0.1, 0.15) is 0 Å². The number of hydrogen-bond donors (Lipinski definition) is 2. The monoisotopic (exact) mass is 280 g/mol. The van der Waals surface area contributed by atoms with Gasteiger partial charge in [-0.15, -0.1) is 0 Å². The molecule has 5 heteroatoms. The Morgan fingerprint density at radius 2 is 2.22 bits per heavy atom. The zero-order valence-corrected chi connectivity index (χ0v) is 11.2. The second-order valence-electron chi connectivity index (χ2n) is 3.91. The molecule has 0 saturated heterocycles. The van der Waals surface area contributed by atoms with Gasteiger partial charge >= 0.3 is 0 Å². The molecule has 18 heavy (non-hydrogen) atoms. The highest BCUT2D eigenvalue weighted by atomic mass is 35.5. The fraction of sp³-hybridized carbons (Fsp3) is 0.154. The van der Waals surface area contributed by atoms with Crippen molar-refractivity contribution in [2.45, 2.75) is 6.42 Å². The average molecular weight is 281 g/mol. The summed E-state index contributed by atoms with van der Waals surface area (Å²) in [6, 6.07) is 6.89. The number of hydrogen-bond acceptors (Lipinski definition) is 3. The van der Waals surface area contributed by atoms with E-state index in [-0.39, 0.29) is 5.91 Å². The Morgan fingerprint density at radius 1 is 1.39 bits per heavy atom. The van der Waals surface area contributed by atoms with Crippen molar-refractivity contribution in [3.63, 3.8) is 0 Å². The van der Waals surface area contributed by atoms with Crippen LogP contribution in [0.5, 0.6) is 0 Å². The number of nitrogens with one attached hydrogen (secondary N) is 1. The Hall–Kier alpha value is -1.52. The summed E-state index contributed by atoms with van der Waals surface area (Å²) in [4.78, 5) is 11.9. The highest BCUT2D eigenvalue weighted by Gasteiger charge is 2.06. The maximum Gasteiger partial charge on any atom is 0.251 e. The van der Waals surface area contributed by atoms with E-state index in [0.717, 1.165) is 6.42 Å². The van der Waals surface area contributed by atoms with Crippen LogP contribution in [-0.2, 0) is 6.42 Å². The molecule has 1 aromatic heterocycles. The molecule has 1 amide bonds. The fourth-order valence-corrected chi connectivity index (χ4v) is 2.55. The van der Waals surface area contributed by atoms with Crippen molar-refractivity contribution in [3.05, 3.63) is 51.2 Å². The Balaban J connectivity index is 1.91. The summed E-state index contributed by atoms with van der Waals surface area (Å²) in [6.45, 7) is 0.599. The Morgan fingerprint density at radius 3 is 2.89 bits per heavy atom. The number of carbonyl (C=O) groups excluding carboxylic acids is 1. The molecular formula is C13H13ClN2OS. The number of anilines is 1. The van der Waals surface area contributed by atoms with E-state index in [1.165, 1.54) is 5.56 Å². The zero-order chi connectivity index (χ0) is 13.0. The molecule has 3 nitrogen and oxygen atoms in total. The lowest BCUT2D eigenvalue weighted by Gasteiger charge is -2.06. The topological polar surface area (TPSA) is 55.1 Å². The van der Waals surface area contributed by atoms with Crippen molar-refractivity contribution >= 4 is 34.5 Å². The lowest BCUT2D eigenvalue weighted by atomic mass is 10.2. The molecule has 0 radical (unpaired) electrons. The van der Waals surface area contributed by atoms with Gasteiger partial charge < -0.3 is 11.1 Å². The van der Waals surface area contributed by atoms with Crippen molar-refractivity contribution < 1.29 is 4.79 Å². The summed E-state index contributed by atoms with van der Waals surface area (Å²) in [5.74, 6) is -0.153. The van der Waals surface area contributed by atoms with Gasteiger partial charge in [-0.05, 0) is 47.0 Å². The van der Waals surface area contributed by atoms with E-state index in [2.05, 4.69) is 10.7 Å². The van der Waals surface area contributed by atoms with Gasteiger partial charge in [-0.25, -0.2) is 0 Å². The molecule has 0 aliphatic rings. The first-order valence-electron chi connectivity index (χ1n) is 5.50. The predicted octanol–water partition coefficient (Wildman–Crippen LogP) is 2.96. The number of amides is 1. The molecular weight excluding hydrogens is 268 g/mol. The molecule has 2 rings (SSSR count). The third-order valence-electron chi connectivity index (χ3n) is 2.46. The molecule has 0 saturated carbocycles. The molecule has 0 aliphatic heterocycles. The molecule has 0 bridgehead atoms. The minimum atomic E-state index is -0.153. The van der Waals surface area contributed by atoms with Crippen LogP contribution in [0.25, 0.3) is 0 Å². The van der Waals surface area contributed by atoms with Crippen molar-refractivity contribution in [1.29, 1.82) is 0 Å². The molecule has 0 unspecified atom stereocenters. The van der Waals surface area contributed by atoms with Gasteiger partial charge in [-0.2, -0.15) is 11.3 Å². The number of benzene rings is 1. The van der Waals surface area contributed by atoms with Crippen molar-refractivity contribution in [3.8, 4) is 0 Å². The van der Waals surface area contributed by atoms with E-state index in [0.29, 0.717) is 22.8 Å². The van der Waals surface area contributed by atoms with Crippen LogP contribution in [0.2, 0.25) is 5.02 Å². The van der Waals surface area contributed by atoms with Crippen LogP contribution in [0.4, 0.5) is 5.69 Å². The quantitative estimate of drug-likeness (QED) is 0.846. The zero-order valence-electron chi connectivity index (χ0n) is 9.65. The van der Waals surface area contributed by atoms with Gasteiger partial charge in [-0.3, -0.25) is 4.79 Å². The van der Waals surface area contributed by atoms with E-state index in [1.807, 2.05) is 11.4 Å². The molecule has 94 valence electrons. The summed E-state index contributed by atoms with van der Waals surface area (Å²) < 4.78 is 0. The van der Waals surface area contributed by atoms with Gasteiger partial charge in [0.25, 0.3) is 5.91 Å². The summed E-state index contributed by atoms with van der Waals surface area (Å²) in [5, 5.41) is 7.41. The van der Waals surface area contributed by atoms with Gasteiger partial charge in [0.15, 0.2) is 0 Å². The predicted molar refractivity (Wildman–Crippen MR) is 76.2 cm³/mol. The number of rotatable bonds is 4. The fourth-order valence-electron chi connectivity index (χ4n) is 1.60. The average Bonchev–Trinajstić information content (AvgIpc) is 2.80. The first-order chi connectivity index (χ1) is 8.65. The van der Waals surface area contributed by atoms with Gasteiger partial charge in [0, 0.05) is 22.8 Å². The van der Waals surface area contributed by atoms with Crippen molar-refractivity contribution in [1.82, 2.24) is 5.32 Å². The van der Waals surface area contributed by atoms with E-state index in [9.17, 15) is 4.79 Å². The maximum absolute atomic E-state index is 11.9. The van der Waals surface area contributed by atoms with Crippen LogP contribution in [0.1, 0.15) is 15.9 Å². The second kappa shape index (κ2) is 5.89. The number of nitrogen functional groups attached to an aromatic ring is 1. The Kier molecular flexibility index (Phi) is 4.23. The molecule has 1 heterocycles. The summed E-state index contributed by atoms with van der Waals surface area (Å²) in [5.41, 5.74) is 7.85. The summed E-state index contributed by atoms with van der Waals surface area (Å²) in [6.07, 6.45) is 0.825. The SMILES string of the molecule is Nc1cc(Cl)cc(C(=O)NCCc2ccsc2)c1. The lowest BCUT2D eigenvalue weighted by Crippen LogP contribution is -2.25. The van der Waals surface area contributed by atoms with Crippen molar-refractivity contribution in [2.75, 3.05) is 12.3 Å². The first-order valence-corrected chi connectivity index (χ1v) is 6.82. The standard InChI is InChI=1S/C13H13ClN2OS/c14-11-5-10(6-12(15)7-11)13(17)16-3-1-9-2-4-18-8-9/h2,4-8H,1,3,15H2,(H,16,17). The van der Waals surface area contributed by atoms with Crippen LogP contribution >= 0.6 is 22.9 Å². The highest BCUT2D eigenvalue weighted by molar-refractivity contribution is 7.07. The largest absolute Gasteiger partial charge is 0.399 e. The molecule has 0 aliphatic carbocycles. The molecule has 0 spiro atoms. The van der Waals surface area contributed by atoms with Crippen LogP contribution in [0.15, 0.2) is 35.0 Å². The smallest absolute Gasteiger partial charge is 0.251 e. The lowest BCUT2D eigenvalue weighted by molar-refractivity contribution is 0.0954. The number of carbonyl (C=O) groups is 1. The summed E-state index contributed by atoms with van der Waals surface area (Å²) >= 11 is 7.50. The van der Waals surface area contributed by atoms with Gasteiger partial charge in [0.05, 0.1) is 0 Å². The normalized spacial score (nSPS) is 10.3. The molecule has 0 fully saturated rings. The third-order valence-corrected chi connectivity index (χ3v) is 3.41. The maximum atomic E-state index is 11.9. The van der Waals surface area contributed by atoms with E-state index < -0.39 is 0 Å². The van der Waals surface area contributed by atoms with Gasteiger partial charge in [0.2, 0.25) is 0 Å². The number of thiophene rings is 1. The molecule has 0 atom stereocenters. The Bertz CT molecular complexity index is 520. The van der Waals surface area contributed by atoms with E-state index in [1.54, 1.807) is 29.5 Å². The number of halogens is 1. The molecule has 2 aromatic rings. The van der Waals surface area contributed by atoms with Crippen LogP contribution in [0, 0.1) is 0 Å². The van der Waals surface area contributed by atoms with Crippen molar-refractivity contribution in [2.24, 2.45) is 0 Å². The minimum absolute atomic E-state index is 0.153. The van der Waals surface area contributed by atoms with Crippen LogP contribution in [-0.4, -0.2) is 12.5 Å². The van der Waals surface area contributed by atoms with E-state index >= 15 is 0 Å². The summed E-state index contributed by atoms with van der Waals surface area (Å²) in [7, 11) is 0. The second-order valence-corrected chi connectivity index (χ2v) is 5.13. The Labute approximate surface area is 115 Å². The van der Waals surface area contributed by atoms with Gasteiger partial charge in [-0.1, -0.05) is 11.6 Å². The molecule has 1 aromatic carbocycles. The minimum Gasteiger partial charge on any atom is -0.399 e. The first kappa shape index (κ1) is 12.9. The van der Waals surface area contributed by atoms with E-state index in [4.69, 9.17) is 17.3 Å². The number of nitrogens with two attached hydrogens (primary N) is 1. The third kappa shape index (κ3) is 3.48. The van der Waals surface area contributed by atoms with Crippen LogP contribution < -0.4 is 11.1 Å². The highest BCUT2D eigenvalue weighted by Crippen LogP contribution is 2.16. The molecule has 3 N–H and O–H groups in total. The van der Waals surface area contributed by atoms with Crippen LogP contribution in [0.3, 0.4) is 0 Å².